The lowest BCUT2D eigenvalue weighted by Crippen LogP contribution is -2.35. The normalized spacial score (nSPS) is 16.4. The summed E-state index contributed by atoms with van der Waals surface area (Å²) in [6, 6.07) is 76.3. The Morgan fingerprint density at radius 2 is 0.818 bits per heavy atom. The van der Waals surface area contributed by atoms with E-state index >= 15 is 0 Å². The van der Waals surface area contributed by atoms with Crippen molar-refractivity contribution in [1.29, 1.82) is 0 Å². The molecule has 0 radical (unpaired) electrons. The van der Waals surface area contributed by atoms with E-state index in [0.29, 0.717) is 0 Å². The molecule has 1 unspecified atom stereocenters. The van der Waals surface area contributed by atoms with Gasteiger partial charge in [-0.15, -0.1) is 0 Å². The van der Waals surface area contributed by atoms with E-state index in [1.54, 1.807) is 0 Å². The van der Waals surface area contributed by atoms with Gasteiger partial charge in [-0.3, -0.25) is 0 Å². The first-order valence-corrected chi connectivity index (χ1v) is 19.2. The second-order valence-corrected chi connectivity index (χ2v) is 15.1. The Hall–Kier alpha value is -6.96. The molecular weight excluding hydrogens is 665 g/mol. The molecule has 12 rings (SSSR count). The lowest BCUT2D eigenvalue weighted by atomic mass is 9.60. The second-order valence-electron chi connectivity index (χ2n) is 15.1. The van der Waals surface area contributed by atoms with Crippen LogP contribution in [0.1, 0.15) is 44.5 Å². The van der Waals surface area contributed by atoms with E-state index < -0.39 is 10.8 Å². The summed E-state index contributed by atoms with van der Waals surface area (Å²) in [6.07, 6.45) is 0. The molecule has 1 heteroatoms. The van der Waals surface area contributed by atoms with Crippen molar-refractivity contribution in [3.05, 3.63) is 251 Å². The molecule has 1 spiro atoms. The predicted molar refractivity (Wildman–Crippen MR) is 224 cm³/mol. The quantitative estimate of drug-likeness (QED) is 0.178. The van der Waals surface area contributed by atoms with Gasteiger partial charge in [0.2, 0.25) is 0 Å². The van der Waals surface area contributed by atoms with E-state index in [4.69, 9.17) is 4.74 Å². The number of rotatable bonds is 3. The molecule has 0 saturated heterocycles. The molecule has 2 aliphatic carbocycles. The topological polar surface area (TPSA) is 9.23 Å². The van der Waals surface area contributed by atoms with Crippen molar-refractivity contribution in [2.24, 2.45) is 0 Å². The van der Waals surface area contributed by atoms with Crippen LogP contribution in [0.5, 0.6) is 11.5 Å². The van der Waals surface area contributed by atoms with Gasteiger partial charge in [0, 0.05) is 11.1 Å². The van der Waals surface area contributed by atoms with Crippen LogP contribution in [0.2, 0.25) is 0 Å². The lowest BCUT2D eigenvalue weighted by molar-refractivity contribution is 0.435. The van der Waals surface area contributed by atoms with Gasteiger partial charge < -0.3 is 4.74 Å². The summed E-state index contributed by atoms with van der Waals surface area (Å²) >= 11 is 0. The third-order valence-electron chi connectivity index (χ3n) is 12.6. The van der Waals surface area contributed by atoms with Crippen LogP contribution < -0.4 is 4.74 Å². The highest BCUT2D eigenvalue weighted by molar-refractivity contribution is 6.07. The van der Waals surface area contributed by atoms with Gasteiger partial charge in [0.05, 0.1) is 10.8 Å². The van der Waals surface area contributed by atoms with Crippen molar-refractivity contribution < 1.29 is 4.74 Å². The summed E-state index contributed by atoms with van der Waals surface area (Å²) < 4.78 is 6.92. The molecule has 1 heterocycles. The lowest BCUT2D eigenvalue weighted by Gasteiger charge is -2.43. The minimum Gasteiger partial charge on any atom is -0.457 e. The third kappa shape index (κ3) is 3.87. The fourth-order valence-electron chi connectivity index (χ4n) is 10.6. The van der Waals surface area contributed by atoms with E-state index in [1.807, 2.05) is 0 Å². The van der Waals surface area contributed by atoms with E-state index in [9.17, 15) is 0 Å². The van der Waals surface area contributed by atoms with Crippen molar-refractivity contribution in [2.45, 2.75) is 10.8 Å². The number of ether oxygens (including phenoxy) is 1. The average Bonchev–Trinajstić information content (AvgIpc) is 3.55. The van der Waals surface area contributed by atoms with Crippen molar-refractivity contribution in [1.82, 2.24) is 0 Å². The number of hydrogen-bond acceptors (Lipinski definition) is 1. The largest absolute Gasteiger partial charge is 0.457 e. The molecule has 55 heavy (non-hydrogen) atoms. The zero-order valence-electron chi connectivity index (χ0n) is 30.0. The van der Waals surface area contributed by atoms with Gasteiger partial charge in [-0.25, -0.2) is 0 Å². The zero-order chi connectivity index (χ0) is 36.1. The highest BCUT2D eigenvalue weighted by atomic mass is 16.5. The number of para-hydroxylation sites is 1. The Kier molecular flexibility index (Phi) is 6.25. The molecule has 0 N–H and O–H groups in total. The minimum absolute atomic E-state index is 0.500. The molecule has 9 aromatic rings. The van der Waals surface area contributed by atoms with Crippen LogP contribution in [-0.2, 0) is 10.8 Å². The van der Waals surface area contributed by atoms with Crippen LogP contribution >= 0.6 is 0 Å². The fourth-order valence-corrected chi connectivity index (χ4v) is 10.6. The maximum absolute atomic E-state index is 6.92. The van der Waals surface area contributed by atoms with Gasteiger partial charge in [-0.05, 0) is 95.7 Å². The Bertz CT molecular complexity index is 2970. The number of fused-ring (bicyclic) bond motifs is 11. The Morgan fingerprint density at radius 1 is 0.309 bits per heavy atom. The molecule has 256 valence electrons. The molecule has 1 nitrogen and oxygen atoms in total. The smallest absolute Gasteiger partial charge is 0.132 e. The number of benzene rings is 9. The van der Waals surface area contributed by atoms with Crippen LogP contribution in [0.15, 0.2) is 206 Å². The van der Waals surface area contributed by atoms with Crippen LogP contribution in [0.3, 0.4) is 0 Å². The standard InChI is InChI=1S/C54H34O/c1-3-18-37(19-4-1)53(38-20-5-2-6-21-38)46-28-11-12-30-49(46)55-50-31-15-24-39(52(50)53)36-32-33-42-40-22-7-9-26-44(40)54(48(42)34-36)45-27-10-8-23-41(45)43-25-13-16-35-17-14-29-47(54)51(35)43/h1-34H. The summed E-state index contributed by atoms with van der Waals surface area (Å²) in [6.45, 7) is 0. The Labute approximate surface area is 320 Å². The highest BCUT2D eigenvalue weighted by Gasteiger charge is 2.51. The van der Waals surface area contributed by atoms with E-state index in [0.717, 1.165) is 28.2 Å². The Morgan fingerprint density at radius 3 is 1.55 bits per heavy atom. The molecule has 1 aliphatic heterocycles. The van der Waals surface area contributed by atoms with Gasteiger partial charge in [0.15, 0.2) is 0 Å². The maximum atomic E-state index is 6.92. The molecule has 0 bridgehead atoms. The first kappa shape index (κ1) is 30.5. The summed E-state index contributed by atoms with van der Waals surface area (Å²) in [5.41, 5.74) is 16.4. The first-order chi connectivity index (χ1) is 27.3. The Balaban J connectivity index is 1.20. The average molecular weight is 699 g/mol. The van der Waals surface area contributed by atoms with Crippen LogP contribution in [0, 0.1) is 0 Å². The molecule has 1 atom stereocenters. The van der Waals surface area contributed by atoms with E-state index in [2.05, 4.69) is 206 Å². The van der Waals surface area contributed by atoms with Crippen LogP contribution in [0.25, 0.3) is 44.2 Å². The van der Waals surface area contributed by atoms with Crippen molar-refractivity contribution in [3.8, 4) is 44.9 Å². The van der Waals surface area contributed by atoms with Crippen LogP contribution in [-0.4, -0.2) is 0 Å². The molecular formula is C54H34O. The van der Waals surface area contributed by atoms with Crippen molar-refractivity contribution >= 4 is 10.8 Å². The van der Waals surface area contributed by atoms with Crippen molar-refractivity contribution in [3.63, 3.8) is 0 Å². The monoisotopic (exact) mass is 698 g/mol. The third-order valence-corrected chi connectivity index (χ3v) is 12.6. The molecule has 9 aromatic carbocycles. The van der Waals surface area contributed by atoms with Gasteiger partial charge >= 0.3 is 0 Å². The SMILES string of the molecule is c1ccc(C2(c3ccccc3)c3ccccc3Oc3cccc(-c4ccc5c(c4)C4(c6ccccc6-5)c5ccccc5-c5cccc6cccc4c56)c32)cc1. The van der Waals surface area contributed by atoms with Gasteiger partial charge in [-0.1, -0.05) is 188 Å². The summed E-state index contributed by atoms with van der Waals surface area (Å²) in [7, 11) is 0. The van der Waals surface area contributed by atoms with E-state index in [1.165, 1.54) is 72.0 Å². The van der Waals surface area contributed by atoms with Crippen LogP contribution in [0.4, 0.5) is 0 Å². The van der Waals surface area contributed by atoms with Gasteiger partial charge in [0.1, 0.15) is 11.5 Å². The number of hydrogen-bond donors (Lipinski definition) is 0. The van der Waals surface area contributed by atoms with Gasteiger partial charge in [-0.2, -0.15) is 0 Å². The molecule has 3 aliphatic rings. The minimum atomic E-state index is -0.634. The summed E-state index contributed by atoms with van der Waals surface area (Å²) in [5, 5.41) is 2.61. The predicted octanol–water partition coefficient (Wildman–Crippen LogP) is 13.3. The molecule has 0 fully saturated rings. The molecule has 0 amide bonds. The van der Waals surface area contributed by atoms with Crippen molar-refractivity contribution in [2.75, 3.05) is 0 Å². The zero-order valence-corrected chi connectivity index (χ0v) is 30.0. The summed E-state index contributed by atoms with van der Waals surface area (Å²) in [5.74, 6) is 1.76. The van der Waals surface area contributed by atoms with E-state index in [-0.39, 0.29) is 0 Å². The first-order valence-electron chi connectivity index (χ1n) is 19.2. The molecule has 0 saturated carbocycles. The molecule has 0 aromatic heterocycles. The second kappa shape index (κ2) is 11.3. The summed E-state index contributed by atoms with van der Waals surface area (Å²) in [4.78, 5) is 0. The van der Waals surface area contributed by atoms with Gasteiger partial charge in [0.25, 0.3) is 0 Å². The fraction of sp³-hybridized carbons (Fsp3) is 0.0370. The highest BCUT2D eigenvalue weighted by Crippen LogP contribution is 2.63. The maximum Gasteiger partial charge on any atom is 0.132 e.